The number of carbonyl (C=O) groups excluding carboxylic acids is 2. The molecule has 1 aliphatic rings. The van der Waals surface area contributed by atoms with Gasteiger partial charge < -0.3 is 14.4 Å². The highest BCUT2D eigenvalue weighted by molar-refractivity contribution is 9.10. The third-order valence-corrected chi connectivity index (χ3v) is 4.99. The van der Waals surface area contributed by atoms with Crippen molar-refractivity contribution in [3.63, 3.8) is 0 Å². The maximum absolute atomic E-state index is 12.2. The number of rotatable bonds is 6. The summed E-state index contributed by atoms with van der Waals surface area (Å²) >= 11 is 9.30. The van der Waals surface area contributed by atoms with Crippen LogP contribution in [0.1, 0.15) is 15.9 Å². The molecule has 0 saturated carbocycles. The van der Waals surface area contributed by atoms with Gasteiger partial charge in [-0.2, -0.15) is 5.10 Å². The molecule has 0 aromatic heterocycles. The first-order valence-electron chi connectivity index (χ1n) is 8.90. The Morgan fingerprint density at radius 3 is 2.76 bits per heavy atom. The molecule has 0 bridgehead atoms. The van der Waals surface area contributed by atoms with Gasteiger partial charge in [0.1, 0.15) is 5.75 Å². The van der Waals surface area contributed by atoms with Gasteiger partial charge >= 0.3 is 0 Å². The van der Waals surface area contributed by atoms with E-state index in [4.69, 9.17) is 21.1 Å². The maximum Gasteiger partial charge on any atom is 0.271 e. The van der Waals surface area contributed by atoms with Crippen LogP contribution in [0.2, 0.25) is 5.02 Å². The molecule has 1 saturated heterocycles. The summed E-state index contributed by atoms with van der Waals surface area (Å²) in [5.41, 5.74) is 3.62. The predicted octanol–water partition coefficient (Wildman–Crippen LogP) is 3.10. The minimum atomic E-state index is -0.357. The van der Waals surface area contributed by atoms with Crippen molar-refractivity contribution < 1.29 is 19.1 Å². The van der Waals surface area contributed by atoms with Crippen molar-refractivity contribution in [2.75, 3.05) is 32.9 Å². The molecule has 29 heavy (non-hydrogen) atoms. The van der Waals surface area contributed by atoms with Crippen molar-refractivity contribution in [3.8, 4) is 5.75 Å². The quantitative estimate of drug-likeness (QED) is 0.509. The van der Waals surface area contributed by atoms with Gasteiger partial charge in [-0.15, -0.1) is 0 Å². The van der Waals surface area contributed by atoms with E-state index >= 15 is 0 Å². The van der Waals surface area contributed by atoms with Crippen molar-refractivity contribution in [1.29, 1.82) is 0 Å². The lowest BCUT2D eigenvalue weighted by Crippen LogP contribution is -2.43. The number of hydrogen-bond acceptors (Lipinski definition) is 5. The molecule has 0 radical (unpaired) electrons. The fourth-order valence-corrected chi connectivity index (χ4v) is 3.32. The fraction of sp³-hybridized carbons (Fsp3) is 0.250. The molecule has 2 amide bonds. The summed E-state index contributed by atoms with van der Waals surface area (Å²) in [4.78, 5) is 25.9. The molecule has 1 aliphatic heterocycles. The van der Waals surface area contributed by atoms with Crippen molar-refractivity contribution in [2.45, 2.75) is 0 Å². The monoisotopic (exact) mass is 479 g/mol. The first-order valence-corrected chi connectivity index (χ1v) is 10.1. The topological polar surface area (TPSA) is 80.2 Å². The Kier molecular flexibility index (Phi) is 7.62. The Hall–Kier alpha value is -2.42. The molecule has 0 unspecified atom stereocenters. The third kappa shape index (κ3) is 6.28. The summed E-state index contributed by atoms with van der Waals surface area (Å²) in [6.07, 6.45) is 1.51. The molecule has 1 N–H and O–H groups in total. The lowest BCUT2D eigenvalue weighted by Gasteiger charge is -2.26. The largest absolute Gasteiger partial charge is 0.483 e. The minimum absolute atomic E-state index is 0.0400. The Balaban J connectivity index is 1.52. The van der Waals surface area contributed by atoms with Crippen LogP contribution in [0.15, 0.2) is 52.0 Å². The van der Waals surface area contributed by atoms with E-state index in [2.05, 4.69) is 26.5 Å². The van der Waals surface area contributed by atoms with E-state index in [-0.39, 0.29) is 18.4 Å². The van der Waals surface area contributed by atoms with Crippen LogP contribution >= 0.6 is 27.5 Å². The molecule has 3 rings (SSSR count). The molecule has 2 aromatic rings. The summed E-state index contributed by atoms with van der Waals surface area (Å²) in [5, 5.41) is 4.43. The van der Waals surface area contributed by atoms with Gasteiger partial charge in [0.2, 0.25) is 0 Å². The third-order valence-electron chi connectivity index (χ3n) is 4.14. The Bertz CT molecular complexity index is 916. The van der Waals surface area contributed by atoms with Crippen molar-refractivity contribution in [3.05, 3.63) is 63.1 Å². The zero-order valence-corrected chi connectivity index (χ0v) is 17.8. The fourth-order valence-electron chi connectivity index (χ4n) is 2.62. The molecule has 1 fully saturated rings. The lowest BCUT2D eigenvalue weighted by atomic mass is 10.2. The molecule has 7 nitrogen and oxygen atoms in total. The number of hydrogen-bond donors (Lipinski definition) is 1. The van der Waals surface area contributed by atoms with Crippen LogP contribution in [-0.2, 0) is 9.53 Å². The van der Waals surface area contributed by atoms with Gasteiger partial charge in [0.05, 0.1) is 23.9 Å². The smallest absolute Gasteiger partial charge is 0.271 e. The maximum atomic E-state index is 12.2. The van der Waals surface area contributed by atoms with E-state index in [1.54, 1.807) is 47.4 Å². The molecule has 1 heterocycles. The standard InChI is InChI=1S/C20H19BrClN3O4/c21-17-10-14(12-23-24-20(27)15-2-1-3-16(22)11-15)4-5-18(17)29-13-19(26)25-6-8-28-9-7-25/h1-5,10-12H,6-9,13H2,(H,24,27)/b23-12-. The number of morpholine rings is 1. The minimum Gasteiger partial charge on any atom is -0.483 e. The summed E-state index contributed by atoms with van der Waals surface area (Å²) in [6, 6.07) is 11.9. The highest BCUT2D eigenvalue weighted by Crippen LogP contribution is 2.25. The molecule has 0 spiro atoms. The number of hydrazone groups is 1. The molecule has 0 aliphatic carbocycles. The average Bonchev–Trinajstić information content (AvgIpc) is 2.73. The number of halogens is 2. The van der Waals surface area contributed by atoms with Crippen LogP contribution in [0.5, 0.6) is 5.75 Å². The second kappa shape index (κ2) is 10.4. The Labute approximate surface area is 181 Å². The number of ether oxygens (including phenoxy) is 2. The van der Waals surface area contributed by atoms with Gasteiger partial charge in [-0.3, -0.25) is 9.59 Å². The molecule has 0 atom stereocenters. The van der Waals surface area contributed by atoms with Gasteiger partial charge in [0.25, 0.3) is 11.8 Å². The van der Waals surface area contributed by atoms with Crippen LogP contribution in [0.4, 0.5) is 0 Å². The van der Waals surface area contributed by atoms with Gasteiger partial charge in [-0.25, -0.2) is 5.43 Å². The second-order valence-corrected chi connectivity index (χ2v) is 7.47. The number of benzene rings is 2. The lowest BCUT2D eigenvalue weighted by molar-refractivity contribution is -0.137. The Morgan fingerprint density at radius 1 is 1.24 bits per heavy atom. The van der Waals surface area contributed by atoms with Crippen molar-refractivity contribution >= 4 is 45.6 Å². The number of carbonyl (C=O) groups is 2. The summed E-state index contributed by atoms with van der Waals surface area (Å²) in [7, 11) is 0. The second-order valence-electron chi connectivity index (χ2n) is 6.18. The zero-order valence-electron chi connectivity index (χ0n) is 15.4. The van der Waals surface area contributed by atoms with Crippen LogP contribution in [0, 0.1) is 0 Å². The van der Waals surface area contributed by atoms with Gasteiger partial charge in [-0.1, -0.05) is 17.7 Å². The number of nitrogens with one attached hydrogen (secondary N) is 1. The van der Waals surface area contributed by atoms with E-state index in [0.29, 0.717) is 47.1 Å². The van der Waals surface area contributed by atoms with Crippen LogP contribution in [0.25, 0.3) is 0 Å². The van der Waals surface area contributed by atoms with Crippen LogP contribution in [-0.4, -0.2) is 55.8 Å². The molecular weight excluding hydrogens is 462 g/mol. The van der Waals surface area contributed by atoms with Gasteiger partial charge in [-0.05, 0) is 57.9 Å². The van der Waals surface area contributed by atoms with Crippen molar-refractivity contribution in [2.24, 2.45) is 5.10 Å². The van der Waals surface area contributed by atoms with E-state index in [0.717, 1.165) is 5.56 Å². The van der Waals surface area contributed by atoms with E-state index in [9.17, 15) is 9.59 Å². The van der Waals surface area contributed by atoms with Crippen molar-refractivity contribution in [1.82, 2.24) is 10.3 Å². The first kappa shape index (κ1) is 21.3. The van der Waals surface area contributed by atoms with Gasteiger partial charge in [0, 0.05) is 23.7 Å². The average molecular weight is 481 g/mol. The Morgan fingerprint density at radius 2 is 2.03 bits per heavy atom. The summed E-state index contributed by atoms with van der Waals surface area (Å²) < 4.78 is 11.5. The highest BCUT2D eigenvalue weighted by atomic mass is 79.9. The summed E-state index contributed by atoms with van der Waals surface area (Å²) in [6.45, 7) is 2.23. The highest BCUT2D eigenvalue weighted by Gasteiger charge is 2.17. The SMILES string of the molecule is O=C(N/N=C\c1ccc(OCC(=O)N2CCOCC2)c(Br)c1)c1cccc(Cl)c1. The normalized spacial score (nSPS) is 14.1. The molecule has 9 heteroatoms. The number of amides is 2. The van der Waals surface area contributed by atoms with Crippen LogP contribution in [0.3, 0.4) is 0 Å². The zero-order chi connectivity index (χ0) is 20.6. The van der Waals surface area contributed by atoms with Crippen LogP contribution < -0.4 is 10.2 Å². The molecule has 2 aromatic carbocycles. The number of nitrogens with zero attached hydrogens (tertiary/aromatic N) is 2. The van der Waals surface area contributed by atoms with E-state index in [1.807, 2.05) is 0 Å². The predicted molar refractivity (Wildman–Crippen MR) is 114 cm³/mol. The summed E-state index contributed by atoms with van der Waals surface area (Å²) in [5.74, 6) is 0.116. The van der Waals surface area contributed by atoms with Gasteiger partial charge in [0.15, 0.2) is 6.61 Å². The van der Waals surface area contributed by atoms with E-state index in [1.165, 1.54) is 6.21 Å². The molecular formula is C20H19BrClN3O4. The first-order chi connectivity index (χ1) is 14.0. The molecule has 152 valence electrons. The van der Waals surface area contributed by atoms with E-state index < -0.39 is 0 Å².